The minimum atomic E-state index is -0.771. The van der Waals surface area contributed by atoms with Crippen molar-refractivity contribution >= 4 is 5.97 Å². The van der Waals surface area contributed by atoms with E-state index in [9.17, 15) is 9.90 Å². The molecule has 1 N–H and O–H groups in total. The smallest absolute Gasteiger partial charge is 0.320 e. The van der Waals surface area contributed by atoms with Crippen LogP contribution >= 0.6 is 0 Å². The van der Waals surface area contributed by atoms with Gasteiger partial charge in [0.1, 0.15) is 6.04 Å². The third-order valence-corrected chi connectivity index (χ3v) is 3.75. The molecule has 100 valence electrons. The summed E-state index contributed by atoms with van der Waals surface area (Å²) in [6.07, 6.45) is 4.27. The van der Waals surface area contributed by atoms with Gasteiger partial charge < -0.3 is 5.11 Å². The largest absolute Gasteiger partial charge is 0.480 e. The Bertz CT molecular complexity index is 469. The highest BCUT2D eigenvalue weighted by Crippen LogP contribution is 2.33. The number of hydrogen-bond acceptors (Lipinski definition) is 2. The van der Waals surface area contributed by atoms with E-state index >= 15 is 0 Å². The predicted molar refractivity (Wildman–Crippen MR) is 75.7 cm³/mol. The fourth-order valence-corrected chi connectivity index (χ4v) is 2.78. The van der Waals surface area contributed by atoms with E-state index in [1.807, 2.05) is 47.4 Å². The second-order valence-electron chi connectivity index (χ2n) is 4.87. The second kappa shape index (κ2) is 5.85. The molecular formula is C16H19NO2. The molecule has 0 bridgehead atoms. The lowest BCUT2D eigenvalue weighted by Crippen LogP contribution is -2.39. The predicted octanol–water partition coefficient (Wildman–Crippen LogP) is 2.70. The number of aliphatic carboxylic acids is 1. The van der Waals surface area contributed by atoms with Crippen molar-refractivity contribution in [1.82, 2.24) is 4.90 Å². The molecule has 1 saturated heterocycles. The van der Waals surface area contributed by atoms with Crippen LogP contribution in [0.25, 0.3) is 0 Å². The molecule has 1 fully saturated rings. The first-order valence-corrected chi connectivity index (χ1v) is 6.45. The highest BCUT2D eigenvalue weighted by molar-refractivity contribution is 5.74. The zero-order valence-corrected chi connectivity index (χ0v) is 10.9. The molecule has 1 aliphatic rings. The lowest BCUT2D eigenvalue weighted by atomic mass is 9.99. The number of carboxylic acids is 1. The van der Waals surface area contributed by atoms with Gasteiger partial charge in [-0.25, -0.2) is 0 Å². The van der Waals surface area contributed by atoms with Crippen molar-refractivity contribution in [2.45, 2.75) is 25.0 Å². The quantitative estimate of drug-likeness (QED) is 0.824. The molecule has 0 unspecified atom stereocenters. The van der Waals surface area contributed by atoms with E-state index in [1.54, 1.807) is 0 Å². The summed E-state index contributed by atoms with van der Waals surface area (Å²) < 4.78 is 0. The molecule has 0 aromatic heterocycles. The first kappa shape index (κ1) is 13.6. The molecule has 3 heteroatoms. The van der Waals surface area contributed by atoms with Crippen molar-refractivity contribution in [3.63, 3.8) is 0 Å². The third-order valence-electron chi connectivity index (χ3n) is 3.75. The van der Waals surface area contributed by atoms with Gasteiger partial charge in [0, 0.05) is 12.6 Å². The van der Waals surface area contributed by atoms with Crippen molar-refractivity contribution in [3.8, 4) is 0 Å². The lowest BCUT2D eigenvalue weighted by molar-refractivity contribution is -0.142. The molecule has 0 spiro atoms. The molecule has 1 heterocycles. The maximum absolute atomic E-state index is 11.4. The number of hydrogen-bond donors (Lipinski definition) is 1. The Morgan fingerprint density at radius 1 is 1.32 bits per heavy atom. The molecule has 0 saturated carbocycles. The minimum absolute atomic E-state index is 0.0406. The average Bonchev–Trinajstić information content (AvgIpc) is 2.77. The number of carboxylic acid groups (broad SMARTS) is 1. The van der Waals surface area contributed by atoms with E-state index in [2.05, 4.69) is 13.2 Å². The molecule has 0 amide bonds. The first-order chi connectivity index (χ1) is 9.17. The van der Waals surface area contributed by atoms with Crippen molar-refractivity contribution in [1.29, 1.82) is 0 Å². The topological polar surface area (TPSA) is 40.5 Å². The maximum atomic E-state index is 11.4. The number of nitrogens with zero attached hydrogens (tertiary/aromatic N) is 1. The fourth-order valence-electron chi connectivity index (χ4n) is 2.78. The van der Waals surface area contributed by atoms with Crippen LogP contribution in [0.3, 0.4) is 0 Å². The van der Waals surface area contributed by atoms with Crippen molar-refractivity contribution in [2.24, 2.45) is 5.92 Å². The van der Waals surface area contributed by atoms with Gasteiger partial charge in [-0.2, -0.15) is 0 Å². The highest BCUT2D eigenvalue weighted by atomic mass is 16.4. The summed E-state index contributed by atoms with van der Waals surface area (Å²) in [7, 11) is 0. The molecule has 1 aromatic rings. The Balaban J connectivity index is 2.24. The minimum Gasteiger partial charge on any atom is -0.480 e. The van der Waals surface area contributed by atoms with Gasteiger partial charge in [-0.05, 0) is 17.9 Å². The SMILES string of the molecule is C=C[C@@H]1C[C@H](C(=O)O)N(Cc2ccccc2)[C@H]1C=C. The standard InChI is InChI=1S/C16H19NO2/c1-3-13-10-15(16(18)19)17(14(13)4-2)11-12-8-6-5-7-9-12/h3-9,13-15H,1-2,10-11H2,(H,18,19)/t13-,14+,15-/m1/s1. The van der Waals surface area contributed by atoms with Gasteiger partial charge in [0.05, 0.1) is 0 Å². The van der Waals surface area contributed by atoms with Gasteiger partial charge in [0.25, 0.3) is 0 Å². The molecule has 3 nitrogen and oxygen atoms in total. The van der Waals surface area contributed by atoms with E-state index in [-0.39, 0.29) is 12.0 Å². The molecule has 2 rings (SSSR count). The Morgan fingerprint density at radius 2 is 2.00 bits per heavy atom. The number of rotatable bonds is 5. The highest BCUT2D eigenvalue weighted by Gasteiger charge is 2.41. The van der Waals surface area contributed by atoms with Crippen LogP contribution in [0.1, 0.15) is 12.0 Å². The summed E-state index contributed by atoms with van der Waals surface area (Å²) >= 11 is 0. The van der Waals surface area contributed by atoms with E-state index in [0.29, 0.717) is 13.0 Å². The van der Waals surface area contributed by atoms with Gasteiger partial charge in [0.2, 0.25) is 0 Å². The average molecular weight is 257 g/mol. The number of carbonyl (C=O) groups is 1. The van der Waals surface area contributed by atoms with Gasteiger partial charge in [-0.3, -0.25) is 9.69 Å². The third kappa shape index (κ3) is 2.76. The van der Waals surface area contributed by atoms with Crippen LogP contribution in [0.5, 0.6) is 0 Å². The summed E-state index contributed by atoms with van der Waals surface area (Å²) in [4.78, 5) is 13.4. The van der Waals surface area contributed by atoms with Gasteiger partial charge >= 0.3 is 5.97 Å². The van der Waals surface area contributed by atoms with E-state index in [4.69, 9.17) is 0 Å². The lowest BCUT2D eigenvalue weighted by Gasteiger charge is -2.27. The molecule has 19 heavy (non-hydrogen) atoms. The van der Waals surface area contributed by atoms with Crippen LogP contribution in [0.2, 0.25) is 0 Å². The van der Waals surface area contributed by atoms with E-state index < -0.39 is 12.0 Å². The van der Waals surface area contributed by atoms with Gasteiger partial charge in [-0.15, -0.1) is 13.2 Å². The molecular weight excluding hydrogens is 238 g/mol. The Kier molecular flexibility index (Phi) is 4.17. The first-order valence-electron chi connectivity index (χ1n) is 6.45. The molecule has 0 aliphatic carbocycles. The molecule has 0 radical (unpaired) electrons. The van der Waals surface area contributed by atoms with Crippen LogP contribution in [-0.2, 0) is 11.3 Å². The molecule has 1 aliphatic heterocycles. The molecule has 3 atom stereocenters. The zero-order valence-electron chi connectivity index (χ0n) is 10.9. The summed E-state index contributed by atoms with van der Waals surface area (Å²) in [5.41, 5.74) is 1.12. The number of benzene rings is 1. The van der Waals surface area contributed by atoms with Crippen LogP contribution < -0.4 is 0 Å². The van der Waals surface area contributed by atoms with Crippen LogP contribution in [-0.4, -0.2) is 28.1 Å². The summed E-state index contributed by atoms with van der Waals surface area (Å²) in [6, 6.07) is 9.50. The van der Waals surface area contributed by atoms with Crippen molar-refractivity contribution < 1.29 is 9.90 Å². The Morgan fingerprint density at radius 3 is 2.53 bits per heavy atom. The zero-order chi connectivity index (χ0) is 13.8. The van der Waals surface area contributed by atoms with Crippen molar-refractivity contribution in [3.05, 3.63) is 61.2 Å². The van der Waals surface area contributed by atoms with Crippen LogP contribution in [0.15, 0.2) is 55.6 Å². The van der Waals surface area contributed by atoms with E-state index in [1.165, 1.54) is 0 Å². The second-order valence-corrected chi connectivity index (χ2v) is 4.87. The Labute approximate surface area is 113 Å². The Hall–Kier alpha value is -1.87. The van der Waals surface area contributed by atoms with Crippen molar-refractivity contribution in [2.75, 3.05) is 0 Å². The monoisotopic (exact) mass is 257 g/mol. The normalized spacial score (nSPS) is 27.1. The fraction of sp³-hybridized carbons (Fsp3) is 0.312. The van der Waals surface area contributed by atoms with Gasteiger partial charge in [0.15, 0.2) is 0 Å². The van der Waals surface area contributed by atoms with Crippen LogP contribution in [0.4, 0.5) is 0 Å². The van der Waals surface area contributed by atoms with Gasteiger partial charge in [-0.1, -0.05) is 42.5 Å². The molecule has 1 aromatic carbocycles. The number of likely N-dealkylation sites (tertiary alicyclic amines) is 1. The maximum Gasteiger partial charge on any atom is 0.320 e. The summed E-state index contributed by atoms with van der Waals surface area (Å²) in [5, 5.41) is 9.38. The summed E-state index contributed by atoms with van der Waals surface area (Å²) in [6.45, 7) is 8.28. The van der Waals surface area contributed by atoms with E-state index in [0.717, 1.165) is 5.56 Å². The van der Waals surface area contributed by atoms with Crippen LogP contribution in [0, 0.1) is 5.92 Å². The summed E-state index contributed by atoms with van der Waals surface area (Å²) in [5.74, 6) is -0.616.